The molecule has 0 N–H and O–H groups in total. The molecule has 0 radical (unpaired) electrons. The van der Waals surface area contributed by atoms with Crippen LogP contribution in [-0.4, -0.2) is 34.6 Å². The first-order valence-corrected chi connectivity index (χ1v) is 6.98. The number of hydrogen-bond acceptors (Lipinski definition) is 1. The Morgan fingerprint density at radius 3 is 2.58 bits per heavy atom. The minimum absolute atomic E-state index is 0.198. The van der Waals surface area contributed by atoms with Crippen molar-refractivity contribution in [3.8, 4) is 0 Å². The summed E-state index contributed by atoms with van der Waals surface area (Å²) in [7, 11) is 2.40. The Balaban J connectivity index is 3.16. The number of rotatable bonds is 6. The van der Waals surface area contributed by atoms with Crippen molar-refractivity contribution in [3.05, 3.63) is 11.6 Å². The van der Waals surface area contributed by atoms with Crippen LogP contribution in [0.25, 0.3) is 0 Å². The van der Waals surface area contributed by atoms with Gasteiger partial charge in [-0.3, -0.25) is 0 Å². The van der Waals surface area contributed by atoms with E-state index in [2.05, 4.69) is 38.8 Å². The van der Waals surface area contributed by atoms with Crippen molar-refractivity contribution in [2.75, 3.05) is 20.1 Å². The molecule has 0 aliphatic rings. The maximum atomic E-state index is 2.40. The highest BCUT2D eigenvalue weighted by molar-refractivity contribution is 6.36. The van der Waals surface area contributed by atoms with Crippen molar-refractivity contribution in [1.29, 1.82) is 0 Å². The van der Waals surface area contributed by atoms with Gasteiger partial charge < -0.3 is 4.90 Å². The second-order valence-electron chi connectivity index (χ2n) is 3.67. The van der Waals surface area contributed by atoms with Crippen LogP contribution in [0.15, 0.2) is 11.6 Å². The van der Waals surface area contributed by atoms with E-state index in [4.69, 9.17) is 0 Å². The second-order valence-corrected chi connectivity index (χ2v) is 5.66. The quantitative estimate of drug-likeness (QED) is 0.347. The molecule has 2 heteroatoms. The van der Waals surface area contributed by atoms with Crippen LogP contribution in [0.4, 0.5) is 0 Å². The van der Waals surface area contributed by atoms with E-state index in [1.54, 1.807) is 0 Å². The van der Waals surface area contributed by atoms with Crippen LogP contribution in [-0.2, 0) is 0 Å². The van der Waals surface area contributed by atoms with Crippen molar-refractivity contribution in [2.45, 2.75) is 32.9 Å². The zero-order chi connectivity index (χ0) is 9.40. The predicted octanol–water partition coefficient (Wildman–Crippen LogP) is 1.91. The van der Waals surface area contributed by atoms with Gasteiger partial charge in [0.1, 0.15) is 0 Å². The summed E-state index contributed by atoms with van der Waals surface area (Å²) in [5.41, 5.74) is 1.48. The Bertz CT molecular complexity index is 128. The van der Waals surface area contributed by atoms with Crippen LogP contribution in [0.3, 0.4) is 0 Å². The van der Waals surface area contributed by atoms with Crippen molar-refractivity contribution in [1.82, 2.24) is 4.90 Å². The fourth-order valence-electron chi connectivity index (χ4n) is 1.07. The van der Waals surface area contributed by atoms with E-state index in [9.17, 15) is 0 Å². The first kappa shape index (κ1) is 11.9. The maximum absolute atomic E-state index is 2.40. The van der Waals surface area contributed by atoms with Crippen molar-refractivity contribution >= 4 is 9.52 Å². The lowest BCUT2D eigenvalue weighted by atomic mass is 10.3. The van der Waals surface area contributed by atoms with Crippen LogP contribution in [0, 0.1) is 0 Å². The highest BCUT2D eigenvalue weighted by atomic mass is 28.2. The van der Waals surface area contributed by atoms with Crippen LogP contribution in [0.2, 0.25) is 12.1 Å². The van der Waals surface area contributed by atoms with E-state index in [1.165, 1.54) is 30.8 Å². The zero-order valence-electron chi connectivity index (χ0n) is 9.06. The normalized spacial score (nSPS) is 11.4. The van der Waals surface area contributed by atoms with Gasteiger partial charge in [-0.1, -0.05) is 18.6 Å². The van der Waals surface area contributed by atoms with E-state index in [-0.39, 0.29) is 9.52 Å². The summed E-state index contributed by atoms with van der Waals surface area (Å²) in [6, 6.07) is 2.86. The Hall–Kier alpha value is -0.0831. The van der Waals surface area contributed by atoms with Gasteiger partial charge in [0.25, 0.3) is 0 Å². The Morgan fingerprint density at radius 2 is 2.08 bits per heavy atom. The number of allylic oxidation sites excluding steroid dienone is 2. The Morgan fingerprint density at radius 1 is 1.42 bits per heavy atom. The maximum Gasteiger partial charge on any atom is 0.0254 e. The van der Waals surface area contributed by atoms with E-state index >= 15 is 0 Å². The van der Waals surface area contributed by atoms with E-state index < -0.39 is 0 Å². The molecule has 0 bridgehead atoms. The molecule has 0 amide bonds. The van der Waals surface area contributed by atoms with Gasteiger partial charge in [-0.05, 0) is 46.1 Å². The van der Waals surface area contributed by atoms with Crippen LogP contribution >= 0.6 is 0 Å². The van der Waals surface area contributed by atoms with Gasteiger partial charge in [0.2, 0.25) is 0 Å². The summed E-state index contributed by atoms with van der Waals surface area (Å²) in [5.74, 6) is 0. The lowest BCUT2D eigenvalue weighted by molar-refractivity contribution is 0.373. The fourth-order valence-corrected chi connectivity index (χ4v) is 2.91. The smallest absolute Gasteiger partial charge is 0.0254 e. The molecule has 12 heavy (non-hydrogen) atoms. The summed E-state index contributed by atoms with van der Waals surface area (Å²) >= 11 is 0. The van der Waals surface area contributed by atoms with Gasteiger partial charge in [-0.2, -0.15) is 0 Å². The average Bonchev–Trinajstić information content (AvgIpc) is 2.03. The molecule has 72 valence electrons. The molecule has 0 atom stereocenters. The monoisotopic (exact) mass is 185 g/mol. The number of nitrogens with zero attached hydrogens (tertiary/aromatic N) is 1. The highest BCUT2D eigenvalue weighted by Gasteiger charge is 1.93. The van der Waals surface area contributed by atoms with Gasteiger partial charge >= 0.3 is 0 Å². The molecule has 0 rings (SSSR count). The minimum Gasteiger partial charge on any atom is -0.307 e. The van der Waals surface area contributed by atoms with E-state index in [0.29, 0.717) is 0 Å². The minimum atomic E-state index is 0.198. The van der Waals surface area contributed by atoms with Crippen LogP contribution in [0.1, 0.15) is 20.8 Å². The molecule has 0 fully saturated rings. The largest absolute Gasteiger partial charge is 0.307 e. The summed E-state index contributed by atoms with van der Waals surface area (Å²) in [5, 5.41) is 0. The summed E-state index contributed by atoms with van der Waals surface area (Å²) in [4.78, 5) is 2.40. The molecule has 0 unspecified atom stereocenters. The van der Waals surface area contributed by atoms with Gasteiger partial charge in [0, 0.05) is 9.52 Å². The Kier molecular flexibility index (Phi) is 7.51. The van der Waals surface area contributed by atoms with Gasteiger partial charge in [-0.25, -0.2) is 0 Å². The molecule has 0 aromatic rings. The van der Waals surface area contributed by atoms with Gasteiger partial charge in [-0.15, -0.1) is 0 Å². The predicted molar refractivity (Wildman–Crippen MR) is 60.8 cm³/mol. The molecule has 0 heterocycles. The lowest BCUT2D eigenvalue weighted by Gasteiger charge is -2.12. The first-order chi connectivity index (χ1) is 5.66. The SMILES string of the molecule is CCN(C)CC[SiH2]CC=C(C)C. The molecule has 0 aromatic carbocycles. The molecule has 1 nitrogen and oxygen atoms in total. The number of hydrogen-bond donors (Lipinski definition) is 0. The second kappa shape index (κ2) is 7.56. The molecule has 0 aromatic heterocycles. The summed E-state index contributed by atoms with van der Waals surface area (Å²) in [6.07, 6.45) is 2.39. The third-order valence-electron chi connectivity index (χ3n) is 2.09. The van der Waals surface area contributed by atoms with Crippen molar-refractivity contribution < 1.29 is 0 Å². The van der Waals surface area contributed by atoms with Crippen LogP contribution < -0.4 is 0 Å². The summed E-state index contributed by atoms with van der Waals surface area (Å²) in [6.45, 7) is 9.09. The zero-order valence-corrected chi connectivity index (χ0v) is 10.5. The molecular formula is C10H23NSi. The van der Waals surface area contributed by atoms with E-state index in [1.807, 2.05) is 0 Å². The van der Waals surface area contributed by atoms with E-state index in [0.717, 1.165) is 0 Å². The van der Waals surface area contributed by atoms with Gasteiger partial charge in [0.05, 0.1) is 0 Å². The average molecular weight is 185 g/mol. The van der Waals surface area contributed by atoms with Gasteiger partial charge in [0.15, 0.2) is 0 Å². The third-order valence-corrected chi connectivity index (χ3v) is 3.60. The third kappa shape index (κ3) is 8.02. The molecular weight excluding hydrogens is 162 g/mol. The van der Waals surface area contributed by atoms with Crippen LogP contribution in [0.5, 0.6) is 0 Å². The molecule has 0 aliphatic carbocycles. The molecule has 0 aliphatic heterocycles. The first-order valence-electron chi connectivity index (χ1n) is 4.98. The van der Waals surface area contributed by atoms with Crippen molar-refractivity contribution in [3.63, 3.8) is 0 Å². The topological polar surface area (TPSA) is 3.24 Å². The van der Waals surface area contributed by atoms with Crippen molar-refractivity contribution in [2.24, 2.45) is 0 Å². The lowest BCUT2D eigenvalue weighted by Crippen LogP contribution is -2.19. The highest BCUT2D eigenvalue weighted by Crippen LogP contribution is 1.95. The molecule has 0 saturated heterocycles. The Labute approximate surface area is 79.7 Å². The fraction of sp³-hybridized carbons (Fsp3) is 0.800. The summed E-state index contributed by atoms with van der Waals surface area (Å²) < 4.78 is 0. The molecule has 0 spiro atoms. The standard InChI is InChI=1S/C10H23NSi/c1-5-11(4)7-9-12-8-6-10(2)3/h6H,5,7-9,12H2,1-4H3. The molecule has 0 saturated carbocycles.